The highest BCUT2D eigenvalue weighted by Crippen LogP contribution is 2.22. The number of Topliss-reactive ketones (excluding diaryl/α,β-unsaturated/α-hetero) is 1. The normalized spacial score (nSPS) is 17.2. The van der Waals surface area contributed by atoms with Crippen LogP contribution in [0.15, 0.2) is 30.3 Å². The molecular weight excluding hydrogens is 300 g/mol. The maximum atomic E-state index is 12.2. The van der Waals surface area contributed by atoms with E-state index in [0.29, 0.717) is 18.7 Å². The summed E-state index contributed by atoms with van der Waals surface area (Å²) in [5, 5.41) is 10.8. The maximum absolute atomic E-state index is 12.2. The second kappa shape index (κ2) is 7.23. The zero-order chi connectivity index (χ0) is 16.9. The van der Waals surface area contributed by atoms with Crippen LogP contribution >= 0.6 is 0 Å². The first kappa shape index (κ1) is 17.0. The Bertz CT molecular complexity index is 567. The Hall–Kier alpha value is -2.41. The summed E-state index contributed by atoms with van der Waals surface area (Å²) in [4.78, 5) is 36.0. The molecule has 0 bridgehead atoms. The van der Waals surface area contributed by atoms with E-state index in [4.69, 9.17) is 4.74 Å². The summed E-state index contributed by atoms with van der Waals surface area (Å²) in [6.45, 7) is 2.14. The number of ether oxygens (including phenoxy) is 1. The fourth-order valence-corrected chi connectivity index (χ4v) is 2.43. The van der Waals surface area contributed by atoms with Gasteiger partial charge in [-0.15, -0.1) is 0 Å². The third-order valence-electron chi connectivity index (χ3n) is 3.80. The Kier molecular flexibility index (Phi) is 5.33. The van der Waals surface area contributed by atoms with E-state index in [-0.39, 0.29) is 6.42 Å². The van der Waals surface area contributed by atoms with Gasteiger partial charge >= 0.3 is 12.1 Å². The van der Waals surface area contributed by atoms with Crippen molar-refractivity contribution in [2.45, 2.75) is 31.8 Å². The first-order valence-electron chi connectivity index (χ1n) is 7.48. The molecule has 0 spiro atoms. The van der Waals surface area contributed by atoms with Crippen molar-refractivity contribution in [1.29, 1.82) is 0 Å². The lowest BCUT2D eigenvalue weighted by atomic mass is 9.90. The van der Waals surface area contributed by atoms with Crippen molar-refractivity contribution < 1.29 is 24.2 Å². The molecule has 23 heavy (non-hydrogen) atoms. The SMILES string of the molecule is CC(=O)C(Cc1ccccc1)(OC(=O)N1CCCCN1)C(=O)O. The molecule has 0 radical (unpaired) electrons. The van der Waals surface area contributed by atoms with Crippen LogP contribution in [0.25, 0.3) is 0 Å². The summed E-state index contributed by atoms with van der Waals surface area (Å²) in [7, 11) is 0. The van der Waals surface area contributed by atoms with E-state index in [1.807, 2.05) is 0 Å². The molecule has 0 saturated carbocycles. The van der Waals surface area contributed by atoms with Crippen LogP contribution < -0.4 is 5.43 Å². The van der Waals surface area contributed by atoms with E-state index in [2.05, 4.69) is 5.43 Å². The van der Waals surface area contributed by atoms with Gasteiger partial charge in [0.2, 0.25) is 0 Å². The van der Waals surface area contributed by atoms with Gasteiger partial charge in [0.1, 0.15) is 0 Å². The van der Waals surface area contributed by atoms with Crippen molar-refractivity contribution in [2.24, 2.45) is 0 Å². The summed E-state index contributed by atoms with van der Waals surface area (Å²) in [6.07, 6.45) is 0.655. The van der Waals surface area contributed by atoms with Crippen LogP contribution in [0.3, 0.4) is 0 Å². The van der Waals surface area contributed by atoms with Gasteiger partial charge in [0.25, 0.3) is 5.60 Å². The quantitative estimate of drug-likeness (QED) is 0.796. The molecule has 1 unspecified atom stereocenters. The molecule has 1 atom stereocenters. The number of amides is 1. The molecular formula is C16H20N2O5. The number of carboxylic acids is 1. The van der Waals surface area contributed by atoms with Gasteiger partial charge in [-0.1, -0.05) is 30.3 Å². The van der Waals surface area contributed by atoms with Crippen LogP contribution in [0, 0.1) is 0 Å². The van der Waals surface area contributed by atoms with Gasteiger partial charge in [0.05, 0.1) is 0 Å². The molecule has 7 heteroatoms. The molecule has 2 rings (SSSR count). The number of carboxylic acid groups (broad SMARTS) is 1. The lowest BCUT2D eigenvalue weighted by Crippen LogP contribution is -2.56. The topological polar surface area (TPSA) is 95.9 Å². The largest absolute Gasteiger partial charge is 0.478 e. The Labute approximate surface area is 134 Å². The second-order valence-corrected chi connectivity index (χ2v) is 5.49. The Morgan fingerprint density at radius 2 is 1.96 bits per heavy atom. The van der Waals surface area contributed by atoms with Gasteiger partial charge in [-0.3, -0.25) is 4.79 Å². The number of nitrogens with zero attached hydrogens (tertiary/aromatic N) is 1. The van der Waals surface area contributed by atoms with Crippen LogP contribution in [0.5, 0.6) is 0 Å². The number of carbonyl (C=O) groups excluding carboxylic acids is 2. The molecule has 1 amide bonds. The minimum Gasteiger partial charge on any atom is -0.478 e. The van der Waals surface area contributed by atoms with Crippen molar-refractivity contribution >= 4 is 17.8 Å². The highest BCUT2D eigenvalue weighted by atomic mass is 16.6. The molecule has 7 nitrogen and oxygen atoms in total. The molecule has 0 aliphatic carbocycles. The Morgan fingerprint density at radius 1 is 1.26 bits per heavy atom. The molecule has 1 aliphatic rings. The van der Waals surface area contributed by atoms with Crippen molar-refractivity contribution in [3.8, 4) is 0 Å². The summed E-state index contributed by atoms with van der Waals surface area (Å²) in [6, 6.07) is 8.62. The van der Waals surface area contributed by atoms with Gasteiger partial charge < -0.3 is 9.84 Å². The number of aliphatic carboxylic acids is 1. The molecule has 1 fully saturated rings. The summed E-state index contributed by atoms with van der Waals surface area (Å²) in [5.41, 5.74) is 1.21. The van der Waals surface area contributed by atoms with Crippen molar-refractivity contribution in [3.63, 3.8) is 0 Å². The highest BCUT2D eigenvalue weighted by molar-refractivity contribution is 6.07. The first-order chi connectivity index (χ1) is 11.0. The average Bonchev–Trinajstić information content (AvgIpc) is 2.55. The number of rotatable bonds is 5. The van der Waals surface area contributed by atoms with Gasteiger partial charge in [-0.2, -0.15) is 0 Å². The highest BCUT2D eigenvalue weighted by Gasteiger charge is 2.48. The van der Waals surface area contributed by atoms with E-state index in [1.54, 1.807) is 30.3 Å². The van der Waals surface area contributed by atoms with E-state index >= 15 is 0 Å². The fraction of sp³-hybridized carbons (Fsp3) is 0.438. The average molecular weight is 320 g/mol. The molecule has 0 aromatic heterocycles. The number of hydrogen-bond acceptors (Lipinski definition) is 5. The van der Waals surface area contributed by atoms with E-state index in [1.165, 1.54) is 5.01 Å². The van der Waals surface area contributed by atoms with Crippen molar-refractivity contribution in [1.82, 2.24) is 10.4 Å². The predicted molar refractivity (Wildman–Crippen MR) is 81.6 cm³/mol. The lowest BCUT2D eigenvalue weighted by molar-refractivity contribution is -0.166. The first-order valence-corrected chi connectivity index (χ1v) is 7.48. The van der Waals surface area contributed by atoms with Crippen LogP contribution in [-0.2, 0) is 20.7 Å². The van der Waals surface area contributed by atoms with Crippen LogP contribution in [-0.4, -0.2) is 46.7 Å². The molecule has 124 valence electrons. The molecule has 1 heterocycles. The number of ketones is 1. The zero-order valence-electron chi connectivity index (χ0n) is 12.9. The number of nitrogens with one attached hydrogen (secondary N) is 1. The number of benzene rings is 1. The van der Waals surface area contributed by atoms with Crippen LogP contribution in [0.1, 0.15) is 25.3 Å². The molecule has 1 saturated heterocycles. The standard InChI is InChI=1S/C16H20N2O5/c1-12(19)16(14(20)21,11-13-7-3-2-4-8-13)23-15(22)18-10-6-5-9-17-18/h2-4,7-8,17H,5-6,9-11H2,1H3,(H,20,21). The third kappa shape index (κ3) is 3.87. The summed E-state index contributed by atoms with van der Waals surface area (Å²) < 4.78 is 5.18. The van der Waals surface area contributed by atoms with Gasteiger partial charge in [-0.25, -0.2) is 20.0 Å². The summed E-state index contributed by atoms with van der Waals surface area (Å²) >= 11 is 0. The fourth-order valence-electron chi connectivity index (χ4n) is 2.43. The Balaban J connectivity index is 2.24. The van der Waals surface area contributed by atoms with E-state index < -0.39 is 23.4 Å². The minimum atomic E-state index is -2.22. The lowest BCUT2D eigenvalue weighted by Gasteiger charge is -2.32. The molecule has 1 aliphatic heterocycles. The third-order valence-corrected chi connectivity index (χ3v) is 3.80. The second-order valence-electron chi connectivity index (χ2n) is 5.49. The number of hydrogen-bond donors (Lipinski definition) is 2. The van der Waals surface area contributed by atoms with Crippen molar-refractivity contribution in [3.05, 3.63) is 35.9 Å². The maximum Gasteiger partial charge on any atom is 0.425 e. The molecule has 1 aromatic rings. The van der Waals surface area contributed by atoms with Crippen LogP contribution in [0.4, 0.5) is 4.79 Å². The Morgan fingerprint density at radius 3 is 2.48 bits per heavy atom. The van der Waals surface area contributed by atoms with E-state index in [9.17, 15) is 19.5 Å². The van der Waals surface area contributed by atoms with Crippen LogP contribution in [0.2, 0.25) is 0 Å². The van der Waals surface area contributed by atoms with Crippen molar-refractivity contribution in [2.75, 3.05) is 13.1 Å². The van der Waals surface area contributed by atoms with Gasteiger partial charge in [0, 0.05) is 19.5 Å². The number of carbonyl (C=O) groups is 3. The zero-order valence-corrected chi connectivity index (χ0v) is 12.9. The predicted octanol–water partition coefficient (Wildman–Crippen LogP) is 1.38. The minimum absolute atomic E-state index is 0.210. The molecule has 2 N–H and O–H groups in total. The van der Waals surface area contributed by atoms with Gasteiger partial charge in [-0.05, 0) is 25.3 Å². The van der Waals surface area contributed by atoms with E-state index in [0.717, 1.165) is 19.8 Å². The van der Waals surface area contributed by atoms with Gasteiger partial charge in [0.15, 0.2) is 5.78 Å². The summed E-state index contributed by atoms with van der Waals surface area (Å²) in [5.74, 6) is -2.20. The monoisotopic (exact) mass is 320 g/mol. The molecule has 1 aromatic carbocycles. The number of hydrazine groups is 1. The smallest absolute Gasteiger partial charge is 0.425 e.